The lowest BCUT2D eigenvalue weighted by atomic mass is 10.2. The number of para-hydroxylation sites is 1. The summed E-state index contributed by atoms with van der Waals surface area (Å²) in [6.07, 6.45) is 0.736. The number of fused-ring (bicyclic) bond motifs is 1. The van der Waals surface area contributed by atoms with E-state index in [1.807, 2.05) is 73.6 Å². The number of benzene rings is 2. The smallest absolute Gasteiger partial charge is 0.319 e. The summed E-state index contributed by atoms with van der Waals surface area (Å²) in [5.41, 5.74) is 1.89. The fourth-order valence-corrected chi connectivity index (χ4v) is 4.45. The van der Waals surface area contributed by atoms with Crippen LogP contribution in [0.4, 0.5) is 10.5 Å². The van der Waals surface area contributed by atoms with Crippen LogP contribution in [0.15, 0.2) is 59.5 Å². The van der Waals surface area contributed by atoms with E-state index in [1.165, 1.54) is 0 Å². The van der Waals surface area contributed by atoms with Crippen molar-refractivity contribution in [2.24, 2.45) is 0 Å². The van der Waals surface area contributed by atoms with Crippen LogP contribution in [0.5, 0.6) is 0 Å². The van der Waals surface area contributed by atoms with Crippen LogP contribution in [0.1, 0.15) is 12.0 Å². The van der Waals surface area contributed by atoms with Crippen LogP contribution < -0.4 is 4.90 Å². The molecule has 27 heavy (non-hydrogen) atoms. The van der Waals surface area contributed by atoms with E-state index in [0.29, 0.717) is 25.4 Å². The first-order valence-electron chi connectivity index (χ1n) is 9.29. The predicted octanol–water partition coefficient (Wildman–Crippen LogP) is 3.19. The van der Waals surface area contributed by atoms with Gasteiger partial charge in [0.25, 0.3) is 0 Å². The van der Waals surface area contributed by atoms with Gasteiger partial charge in [-0.1, -0.05) is 42.5 Å². The molecule has 0 aromatic heterocycles. The van der Waals surface area contributed by atoms with E-state index >= 15 is 0 Å². The summed E-state index contributed by atoms with van der Waals surface area (Å²) in [6, 6.07) is 17.6. The van der Waals surface area contributed by atoms with Crippen molar-refractivity contribution in [3.8, 4) is 0 Å². The number of likely N-dealkylation sites (N-methyl/N-ethyl adjacent to an activating group) is 1. The van der Waals surface area contributed by atoms with E-state index in [-0.39, 0.29) is 6.03 Å². The Morgan fingerprint density at radius 3 is 2.48 bits per heavy atom. The first kappa shape index (κ1) is 19.6. The van der Waals surface area contributed by atoms with Gasteiger partial charge in [0.05, 0.1) is 21.4 Å². The van der Waals surface area contributed by atoms with Crippen molar-refractivity contribution >= 4 is 22.5 Å². The molecule has 0 saturated heterocycles. The number of hydrogen-bond acceptors (Lipinski definition) is 3. The quantitative estimate of drug-likeness (QED) is 0.794. The monoisotopic (exact) mass is 385 g/mol. The zero-order chi connectivity index (χ0) is 19.2. The van der Waals surface area contributed by atoms with Gasteiger partial charge in [-0.05, 0) is 38.2 Å². The molecular weight excluding hydrogens is 358 g/mol. The predicted molar refractivity (Wildman–Crippen MR) is 110 cm³/mol. The van der Waals surface area contributed by atoms with Crippen molar-refractivity contribution in [1.82, 2.24) is 9.80 Å². The van der Waals surface area contributed by atoms with E-state index < -0.39 is 10.8 Å². The molecule has 0 saturated carbocycles. The van der Waals surface area contributed by atoms with Gasteiger partial charge in [-0.2, -0.15) is 0 Å². The highest BCUT2D eigenvalue weighted by Gasteiger charge is 2.27. The maximum atomic E-state index is 13.5. The molecule has 1 atom stereocenters. The van der Waals surface area contributed by atoms with E-state index in [0.717, 1.165) is 29.1 Å². The second kappa shape index (κ2) is 9.15. The fraction of sp³-hybridized carbons (Fsp3) is 0.381. The maximum absolute atomic E-state index is 13.5. The molecule has 1 aliphatic heterocycles. The second-order valence-corrected chi connectivity index (χ2v) is 8.55. The molecule has 0 aliphatic carbocycles. The number of hydrogen-bond donors (Lipinski definition) is 0. The van der Waals surface area contributed by atoms with Crippen LogP contribution in [0, 0.1) is 0 Å². The molecule has 0 radical (unpaired) electrons. The molecular formula is C21H27N3O2S. The van der Waals surface area contributed by atoms with Gasteiger partial charge in [0.1, 0.15) is 0 Å². The third-order valence-corrected chi connectivity index (χ3v) is 6.14. The minimum atomic E-state index is -1.05. The Morgan fingerprint density at radius 1 is 1.04 bits per heavy atom. The Labute approximate surface area is 164 Å². The SMILES string of the molecule is CN(C)CCN(Cc1ccccc1)C(=O)N1CCC[S@](=O)c2ccccc21. The van der Waals surface area contributed by atoms with Gasteiger partial charge >= 0.3 is 6.03 Å². The summed E-state index contributed by atoms with van der Waals surface area (Å²) in [6.45, 7) is 2.59. The van der Waals surface area contributed by atoms with E-state index in [4.69, 9.17) is 0 Å². The van der Waals surface area contributed by atoms with Crippen molar-refractivity contribution in [1.29, 1.82) is 0 Å². The summed E-state index contributed by atoms with van der Waals surface area (Å²) < 4.78 is 12.5. The molecule has 2 aromatic carbocycles. The van der Waals surface area contributed by atoms with Crippen LogP contribution in [0.25, 0.3) is 0 Å². The average molecular weight is 386 g/mol. The van der Waals surface area contributed by atoms with Crippen molar-refractivity contribution in [3.05, 3.63) is 60.2 Å². The molecule has 0 fully saturated rings. The van der Waals surface area contributed by atoms with Crippen molar-refractivity contribution in [2.75, 3.05) is 44.4 Å². The summed E-state index contributed by atoms with van der Waals surface area (Å²) >= 11 is 0. The van der Waals surface area contributed by atoms with Gasteiger partial charge in [0.15, 0.2) is 0 Å². The summed E-state index contributed by atoms with van der Waals surface area (Å²) in [5.74, 6) is 0.594. The van der Waals surface area contributed by atoms with Gasteiger partial charge in [0, 0.05) is 31.9 Å². The van der Waals surface area contributed by atoms with Crippen molar-refractivity contribution < 1.29 is 9.00 Å². The molecule has 3 rings (SSSR count). The lowest BCUT2D eigenvalue weighted by Crippen LogP contribution is -2.45. The Kier molecular flexibility index (Phi) is 6.63. The lowest BCUT2D eigenvalue weighted by molar-refractivity contribution is 0.195. The Hall–Kier alpha value is -2.18. The van der Waals surface area contributed by atoms with Gasteiger partial charge in [-0.3, -0.25) is 9.11 Å². The highest BCUT2D eigenvalue weighted by molar-refractivity contribution is 7.85. The Morgan fingerprint density at radius 2 is 1.74 bits per heavy atom. The highest BCUT2D eigenvalue weighted by atomic mass is 32.2. The number of rotatable bonds is 5. The lowest BCUT2D eigenvalue weighted by Gasteiger charge is -2.31. The van der Waals surface area contributed by atoms with Crippen molar-refractivity contribution in [3.63, 3.8) is 0 Å². The molecule has 5 nitrogen and oxygen atoms in total. The topological polar surface area (TPSA) is 43.9 Å². The highest BCUT2D eigenvalue weighted by Crippen LogP contribution is 2.28. The first-order chi connectivity index (χ1) is 13.1. The average Bonchev–Trinajstić information content (AvgIpc) is 2.84. The fourth-order valence-electron chi connectivity index (χ4n) is 3.19. The largest absolute Gasteiger partial charge is 0.324 e. The maximum Gasteiger partial charge on any atom is 0.324 e. The summed E-state index contributed by atoms with van der Waals surface area (Å²) in [7, 11) is 2.97. The van der Waals surface area contributed by atoms with Gasteiger partial charge < -0.3 is 9.80 Å². The molecule has 0 N–H and O–H groups in total. The first-order valence-corrected chi connectivity index (χ1v) is 10.6. The molecule has 1 heterocycles. The molecule has 0 bridgehead atoms. The minimum absolute atomic E-state index is 0.0212. The molecule has 144 valence electrons. The molecule has 0 spiro atoms. The molecule has 1 aliphatic rings. The summed E-state index contributed by atoms with van der Waals surface area (Å²) in [4.78, 5) is 20.0. The van der Waals surface area contributed by atoms with Crippen LogP contribution in [0.2, 0.25) is 0 Å². The van der Waals surface area contributed by atoms with E-state index in [1.54, 1.807) is 4.90 Å². The van der Waals surface area contributed by atoms with Crippen LogP contribution in [-0.2, 0) is 17.3 Å². The number of amides is 2. The normalized spacial score (nSPS) is 16.7. The van der Waals surface area contributed by atoms with E-state index in [2.05, 4.69) is 4.90 Å². The van der Waals surface area contributed by atoms with Gasteiger partial charge in [-0.15, -0.1) is 0 Å². The Bertz CT molecular complexity index is 795. The zero-order valence-electron chi connectivity index (χ0n) is 16.0. The second-order valence-electron chi connectivity index (χ2n) is 7.02. The van der Waals surface area contributed by atoms with Crippen molar-refractivity contribution in [2.45, 2.75) is 17.9 Å². The van der Waals surface area contributed by atoms with Gasteiger partial charge in [0.2, 0.25) is 0 Å². The Balaban J connectivity index is 1.88. The number of nitrogens with zero attached hydrogens (tertiary/aromatic N) is 3. The number of carbonyl (C=O) groups is 1. The standard InChI is InChI=1S/C21H27N3O2S/c1-22(2)14-15-23(17-18-9-4-3-5-10-18)21(25)24-13-8-16-27(26)20-12-7-6-11-19(20)24/h3-7,9-12H,8,13-17H2,1-2H3/t27-/m0/s1. The molecule has 6 heteroatoms. The number of urea groups is 1. The van der Waals surface area contributed by atoms with E-state index in [9.17, 15) is 9.00 Å². The van der Waals surface area contributed by atoms with Crippen LogP contribution >= 0.6 is 0 Å². The summed E-state index contributed by atoms with van der Waals surface area (Å²) in [5, 5.41) is 0. The van der Waals surface area contributed by atoms with Crippen LogP contribution in [0.3, 0.4) is 0 Å². The number of anilines is 1. The third kappa shape index (κ3) is 4.96. The molecule has 0 unspecified atom stereocenters. The zero-order valence-corrected chi connectivity index (χ0v) is 16.8. The number of carbonyl (C=O) groups excluding carboxylic acids is 1. The van der Waals surface area contributed by atoms with Crippen LogP contribution in [-0.4, -0.2) is 59.5 Å². The molecule has 2 amide bonds. The molecule has 2 aromatic rings. The van der Waals surface area contributed by atoms with Gasteiger partial charge in [-0.25, -0.2) is 4.79 Å². The minimum Gasteiger partial charge on any atom is -0.319 e. The third-order valence-electron chi connectivity index (χ3n) is 4.65.